The minimum absolute atomic E-state index is 0.0484. The van der Waals surface area contributed by atoms with Gasteiger partial charge in [0.15, 0.2) is 0 Å². The van der Waals surface area contributed by atoms with Crippen LogP contribution < -0.4 is 16.0 Å². The van der Waals surface area contributed by atoms with Crippen LogP contribution in [0.3, 0.4) is 0 Å². The summed E-state index contributed by atoms with van der Waals surface area (Å²) in [4.78, 5) is 39.7. The lowest BCUT2D eigenvalue weighted by Crippen LogP contribution is -2.40. The summed E-state index contributed by atoms with van der Waals surface area (Å²) in [7, 11) is 0. The van der Waals surface area contributed by atoms with Crippen molar-refractivity contribution in [2.45, 2.75) is 24.9 Å². The second-order valence-electron chi connectivity index (χ2n) is 8.00. The molecule has 0 atom stereocenters. The van der Waals surface area contributed by atoms with Crippen molar-refractivity contribution in [2.75, 3.05) is 6.54 Å². The van der Waals surface area contributed by atoms with E-state index in [1.54, 1.807) is 24.3 Å². The molecule has 6 nitrogen and oxygen atoms in total. The maximum Gasteiger partial charge on any atom is 0.310 e. The molecule has 0 radical (unpaired) electrons. The number of benzene rings is 3. The Balaban J connectivity index is 1.50. The molecular formula is C26H21Br2N3O3. The fraction of sp³-hybridized carbons (Fsp3) is 0.192. The van der Waals surface area contributed by atoms with Crippen LogP contribution in [0.15, 0.2) is 65.1 Å². The second-order valence-corrected chi connectivity index (χ2v) is 9.32. The van der Waals surface area contributed by atoms with Crippen molar-refractivity contribution in [3.63, 3.8) is 0 Å². The minimum atomic E-state index is -0.786. The molecule has 3 amide bonds. The highest BCUT2D eigenvalue weighted by atomic mass is 79.9. The van der Waals surface area contributed by atoms with E-state index < -0.39 is 17.4 Å². The lowest BCUT2D eigenvalue weighted by atomic mass is 9.96. The molecule has 1 saturated carbocycles. The molecule has 8 heteroatoms. The second kappa shape index (κ2) is 10.4. The Morgan fingerprint density at radius 2 is 1.65 bits per heavy atom. The fourth-order valence-electron chi connectivity index (χ4n) is 3.93. The van der Waals surface area contributed by atoms with Gasteiger partial charge in [-0.3, -0.25) is 14.4 Å². The zero-order valence-corrected chi connectivity index (χ0v) is 21.3. The van der Waals surface area contributed by atoms with Crippen LogP contribution in [-0.4, -0.2) is 24.3 Å². The molecule has 172 valence electrons. The monoisotopic (exact) mass is 581 g/mol. The molecule has 0 spiro atoms. The number of nitrogens with one attached hydrogen (secondary N) is 3. The third kappa shape index (κ3) is 5.32. The molecule has 0 unspecified atom stereocenters. The highest BCUT2D eigenvalue weighted by Gasteiger charge is 2.47. The van der Waals surface area contributed by atoms with Crippen LogP contribution in [0.5, 0.6) is 0 Å². The third-order valence-corrected chi connectivity index (χ3v) is 6.49. The first-order valence-corrected chi connectivity index (χ1v) is 12.3. The number of carbonyl (C=O) groups excluding carboxylic acids is 3. The van der Waals surface area contributed by atoms with Gasteiger partial charge in [-0.1, -0.05) is 64.3 Å². The maximum atomic E-state index is 13.3. The van der Waals surface area contributed by atoms with E-state index in [2.05, 4.69) is 82.8 Å². The summed E-state index contributed by atoms with van der Waals surface area (Å²) < 4.78 is 0.963. The molecule has 1 fully saturated rings. The molecule has 1 aliphatic rings. The quantitative estimate of drug-likeness (QED) is 0.302. The van der Waals surface area contributed by atoms with E-state index >= 15 is 0 Å². The SMILES string of the molecule is O=C(NCC#CBr)C(=O)NCc1ccccc1C(=O)NC1(c2cc(Br)cc3ccccc23)CC1. The van der Waals surface area contributed by atoms with E-state index in [1.165, 1.54) is 0 Å². The van der Waals surface area contributed by atoms with Crippen LogP contribution in [0.2, 0.25) is 0 Å². The van der Waals surface area contributed by atoms with Gasteiger partial charge in [0.2, 0.25) is 0 Å². The van der Waals surface area contributed by atoms with Crippen LogP contribution in [0, 0.1) is 10.8 Å². The van der Waals surface area contributed by atoms with Crippen molar-refractivity contribution in [3.8, 4) is 10.8 Å². The summed E-state index contributed by atoms with van der Waals surface area (Å²) in [5, 5.41) is 10.4. The Hall–Kier alpha value is -3.15. The molecule has 0 aliphatic heterocycles. The van der Waals surface area contributed by atoms with Crippen LogP contribution in [0.1, 0.15) is 34.3 Å². The number of rotatable bonds is 6. The lowest BCUT2D eigenvalue weighted by molar-refractivity contribution is -0.139. The van der Waals surface area contributed by atoms with E-state index in [0.717, 1.165) is 33.7 Å². The molecule has 0 bridgehead atoms. The van der Waals surface area contributed by atoms with Crippen molar-refractivity contribution in [1.29, 1.82) is 0 Å². The molecule has 0 heterocycles. The summed E-state index contributed by atoms with van der Waals surface area (Å²) in [5.41, 5.74) is 1.72. The number of halogens is 2. The van der Waals surface area contributed by atoms with Crippen LogP contribution in [0.4, 0.5) is 0 Å². The molecule has 0 aromatic heterocycles. The van der Waals surface area contributed by atoms with Gasteiger partial charge in [0.05, 0.1) is 12.1 Å². The van der Waals surface area contributed by atoms with E-state index in [-0.39, 0.29) is 19.0 Å². The summed E-state index contributed by atoms with van der Waals surface area (Å²) >= 11 is 6.52. The Labute approximate surface area is 214 Å². The van der Waals surface area contributed by atoms with Crippen molar-refractivity contribution >= 4 is 60.4 Å². The molecule has 4 rings (SSSR count). The Kier molecular flexibility index (Phi) is 7.35. The van der Waals surface area contributed by atoms with E-state index in [9.17, 15) is 14.4 Å². The average molecular weight is 583 g/mol. The largest absolute Gasteiger partial charge is 0.344 e. The molecule has 3 aromatic carbocycles. The standard InChI is InChI=1S/C26H21Br2N3O3/c27-12-5-13-29-24(33)25(34)30-16-18-7-2-4-9-21(18)23(32)31-26(10-11-26)22-15-19(28)14-17-6-1-3-8-20(17)22/h1-4,6-9,14-15H,10-11,13,16H2,(H,29,33)(H,30,34)(H,31,32). The lowest BCUT2D eigenvalue weighted by Gasteiger charge is -2.21. The summed E-state index contributed by atoms with van der Waals surface area (Å²) in [5.74, 6) is 0.799. The summed E-state index contributed by atoms with van der Waals surface area (Å²) in [6.45, 7) is 0.107. The number of amides is 3. The number of carbonyl (C=O) groups is 3. The highest BCUT2D eigenvalue weighted by molar-refractivity contribution is 9.12. The van der Waals surface area contributed by atoms with Crippen LogP contribution in [-0.2, 0) is 21.7 Å². The van der Waals surface area contributed by atoms with Crippen LogP contribution >= 0.6 is 31.9 Å². The van der Waals surface area contributed by atoms with E-state index in [0.29, 0.717) is 11.1 Å². The predicted molar refractivity (Wildman–Crippen MR) is 138 cm³/mol. The zero-order valence-electron chi connectivity index (χ0n) is 18.1. The van der Waals surface area contributed by atoms with E-state index in [4.69, 9.17) is 0 Å². The Morgan fingerprint density at radius 1 is 0.941 bits per heavy atom. The maximum absolute atomic E-state index is 13.3. The first-order valence-electron chi connectivity index (χ1n) is 10.7. The van der Waals surface area contributed by atoms with Crippen molar-refractivity contribution in [2.24, 2.45) is 0 Å². The van der Waals surface area contributed by atoms with Gasteiger partial charge in [-0.15, -0.1) is 0 Å². The topological polar surface area (TPSA) is 87.3 Å². The molecule has 1 aliphatic carbocycles. The number of hydrogen-bond donors (Lipinski definition) is 3. The number of fused-ring (bicyclic) bond motifs is 1. The molecule has 34 heavy (non-hydrogen) atoms. The fourth-order valence-corrected chi connectivity index (χ4v) is 4.55. The van der Waals surface area contributed by atoms with Gasteiger partial charge in [-0.05, 0) is 57.8 Å². The predicted octanol–water partition coefficient (Wildman–Crippen LogP) is 4.11. The summed E-state index contributed by atoms with van der Waals surface area (Å²) in [6, 6.07) is 19.3. The molecule has 3 N–H and O–H groups in total. The molecule has 3 aromatic rings. The Morgan fingerprint density at radius 3 is 2.41 bits per heavy atom. The minimum Gasteiger partial charge on any atom is -0.344 e. The van der Waals surface area contributed by atoms with Crippen LogP contribution in [0.25, 0.3) is 10.8 Å². The third-order valence-electron chi connectivity index (χ3n) is 5.76. The van der Waals surface area contributed by atoms with Gasteiger partial charge in [0, 0.05) is 32.5 Å². The van der Waals surface area contributed by atoms with Gasteiger partial charge in [0.25, 0.3) is 5.91 Å². The zero-order chi connectivity index (χ0) is 24.1. The van der Waals surface area contributed by atoms with Crippen molar-refractivity contribution in [3.05, 3.63) is 81.8 Å². The smallest absolute Gasteiger partial charge is 0.310 e. The average Bonchev–Trinajstić information content (AvgIpc) is 3.62. The van der Waals surface area contributed by atoms with Gasteiger partial charge < -0.3 is 16.0 Å². The van der Waals surface area contributed by atoms with Gasteiger partial charge in [-0.25, -0.2) is 0 Å². The first kappa shape index (κ1) is 24.0. The first-order chi connectivity index (χ1) is 16.4. The molecule has 0 saturated heterocycles. The number of hydrogen-bond acceptors (Lipinski definition) is 3. The highest BCUT2D eigenvalue weighted by Crippen LogP contribution is 2.49. The van der Waals surface area contributed by atoms with Crippen molar-refractivity contribution < 1.29 is 14.4 Å². The Bertz CT molecular complexity index is 1340. The van der Waals surface area contributed by atoms with Gasteiger partial charge >= 0.3 is 11.8 Å². The van der Waals surface area contributed by atoms with Gasteiger partial charge in [-0.2, -0.15) is 0 Å². The summed E-state index contributed by atoms with van der Waals surface area (Å²) in [6.07, 6.45) is 1.69. The van der Waals surface area contributed by atoms with Crippen molar-refractivity contribution in [1.82, 2.24) is 16.0 Å². The van der Waals surface area contributed by atoms with Gasteiger partial charge in [0.1, 0.15) is 0 Å². The van der Waals surface area contributed by atoms with E-state index in [1.807, 2.05) is 12.1 Å². The normalized spacial score (nSPS) is 13.4. The molecular weight excluding hydrogens is 562 g/mol.